The summed E-state index contributed by atoms with van der Waals surface area (Å²) in [6.45, 7) is 10.5. The second-order valence-corrected chi connectivity index (χ2v) is 15.0. The number of hydrogen-bond acceptors (Lipinski definition) is 8. The van der Waals surface area contributed by atoms with Gasteiger partial charge in [0.1, 0.15) is 17.9 Å². The predicted octanol–water partition coefficient (Wildman–Crippen LogP) is 6.57. The van der Waals surface area contributed by atoms with Crippen molar-refractivity contribution in [2.45, 2.75) is 38.6 Å². The molecule has 40 heavy (non-hydrogen) atoms. The molecule has 0 radical (unpaired) electrons. The summed E-state index contributed by atoms with van der Waals surface area (Å²) in [5.41, 5.74) is 2.74. The monoisotopic (exact) mass is 582 g/mol. The maximum Gasteiger partial charge on any atom is 0.229 e. The zero-order valence-corrected chi connectivity index (χ0v) is 25.5. The van der Waals surface area contributed by atoms with E-state index in [1.54, 1.807) is 26.6 Å². The molecule has 0 unspecified atom stereocenters. The molecule has 0 atom stereocenters. The van der Waals surface area contributed by atoms with Crippen molar-refractivity contribution in [3.05, 3.63) is 53.7 Å². The summed E-state index contributed by atoms with van der Waals surface area (Å²) in [6.07, 6.45) is 6.62. The van der Waals surface area contributed by atoms with Gasteiger partial charge in [0, 0.05) is 41.9 Å². The first kappa shape index (κ1) is 28.7. The van der Waals surface area contributed by atoms with Crippen molar-refractivity contribution in [1.82, 2.24) is 14.9 Å². The number of ether oxygens (including phenoxy) is 1. The fraction of sp³-hybridized carbons (Fsp3) is 0.467. The zero-order valence-electron chi connectivity index (χ0n) is 23.9. The average Bonchev–Trinajstić information content (AvgIpc) is 2.95. The van der Waals surface area contributed by atoms with Crippen LogP contribution in [-0.4, -0.2) is 67.5 Å². The van der Waals surface area contributed by atoms with Gasteiger partial charge in [-0.05, 0) is 94.4 Å². The zero-order chi connectivity index (χ0) is 28.3. The molecule has 2 saturated heterocycles. The molecule has 214 valence electrons. The number of benzene rings is 2. The first-order chi connectivity index (χ1) is 19.2. The molecule has 5 rings (SSSR count). The predicted molar refractivity (Wildman–Crippen MR) is 167 cm³/mol. The lowest BCUT2D eigenvalue weighted by Gasteiger charge is -2.42. The Kier molecular flexibility index (Phi) is 8.89. The molecule has 2 aliphatic heterocycles. The molecule has 0 saturated carbocycles. The van der Waals surface area contributed by atoms with Crippen molar-refractivity contribution in [1.29, 1.82) is 0 Å². The van der Waals surface area contributed by atoms with E-state index in [2.05, 4.69) is 49.5 Å². The van der Waals surface area contributed by atoms with Crippen LogP contribution in [0.5, 0.6) is 5.75 Å². The van der Waals surface area contributed by atoms with Crippen LogP contribution in [0.1, 0.15) is 32.6 Å². The summed E-state index contributed by atoms with van der Waals surface area (Å²) in [5, 5.41) is 7.74. The highest BCUT2D eigenvalue weighted by Crippen LogP contribution is 2.36. The topological polar surface area (TPSA) is 82.6 Å². The molecule has 2 aliphatic rings. The van der Waals surface area contributed by atoms with E-state index in [0.717, 1.165) is 41.4 Å². The van der Waals surface area contributed by atoms with E-state index in [0.29, 0.717) is 22.8 Å². The molecule has 0 spiro atoms. The van der Waals surface area contributed by atoms with Gasteiger partial charge in [-0.3, -0.25) is 0 Å². The van der Waals surface area contributed by atoms with Crippen molar-refractivity contribution in [3.8, 4) is 5.75 Å². The largest absolute Gasteiger partial charge is 0.494 e. The van der Waals surface area contributed by atoms with Gasteiger partial charge in [-0.15, -0.1) is 0 Å². The number of nitrogens with one attached hydrogen (secondary N) is 2. The minimum absolute atomic E-state index is 0.399. The lowest BCUT2D eigenvalue weighted by molar-refractivity contribution is 0.120. The van der Waals surface area contributed by atoms with Gasteiger partial charge >= 0.3 is 0 Å². The third-order valence-electron chi connectivity index (χ3n) is 8.09. The summed E-state index contributed by atoms with van der Waals surface area (Å²) < 4.78 is 18.1. The number of methoxy groups -OCH3 is 1. The third-order valence-corrected chi connectivity index (χ3v) is 9.91. The maximum atomic E-state index is 12.3. The second kappa shape index (κ2) is 12.4. The Bertz CT molecular complexity index is 1350. The molecule has 2 N–H and O–H groups in total. The van der Waals surface area contributed by atoms with Crippen molar-refractivity contribution in [2.75, 3.05) is 62.2 Å². The Balaban J connectivity index is 1.24. The number of piperidine rings is 2. The molecule has 10 heteroatoms. The fourth-order valence-electron chi connectivity index (χ4n) is 5.54. The average molecular weight is 583 g/mol. The number of nitrogens with zero attached hydrogens (tertiary/aromatic N) is 4. The van der Waals surface area contributed by atoms with Gasteiger partial charge in [0.25, 0.3) is 0 Å². The van der Waals surface area contributed by atoms with Crippen molar-refractivity contribution < 1.29 is 9.30 Å². The van der Waals surface area contributed by atoms with Crippen LogP contribution >= 0.6 is 18.7 Å². The van der Waals surface area contributed by atoms with Gasteiger partial charge in [-0.1, -0.05) is 18.5 Å². The summed E-state index contributed by atoms with van der Waals surface area (Å²) in [6, 6.07) is 14.4. The summed E-state index contributed by atoms with van der Waals surface area (Å²) in [7, 11) is -0.635. The lowest BCUT2D eigenvalue weighted by Crippen LogP contribution is -2.47. The molecule has 3 aromatic rings. The first-order valence-corrected chi connectivity index (χ1v) is 17.1. The lowest BCUT2D eigenvalue weighted by atomic mass is 9.95. The number of hydrogen-bond donors (Lipinski definition) is 2. The number of halogens is 1. The van der Waals surface area contributed by atoms with Crippen LogP contribution in [0, 0.1) is 5.92 Å². The van der Waals surface area contributed by atoms with E-state index in [-0.39, 0.29) is 0 Å². The van der Waals surface area contributed by atoms with E-state index < -0.39 is 7.14 Å². The van der Waals surface area contributed by atoms with Crippen molar-refractivity contribution >= 4 is 52.9 Å². The highest BCUT2D eigenvalue weighted by atomic mass is 35.5. The van der Waals surface area contributed by atoms with Crippen LogP contribution in [0.3, 0.4) is 0 Å². The second-order valence-electron chi connectivity index (χ2n) is 11.4. The van der Waals surface area contributed by atoms with Crippen LogP contribution in [0.25, 0.3) is 0 Å². The summed E-state index contributed by atoms with van der Waals surface area (Å²) in [5.74, 6) is 2.48. The molecule has 1 aromatic heterocycles. The number of anilines is 5. The van der Waals surface area contributed by atoms with Crippen LogP contribution < -0.4 is 25.6 Å². The van der Waals surface area contributed by atoms with Crippen molar-refractivity contribution in [3.63, 3.8) is 0 Å². The van der Waals surface area contributed by atoms with Crippen LogP contribution in [0.4, 0.5) is 28.8 Å². The third kappa shape index (κ3) is 6.91. The molecule has 3 heterocycles. The number of likely N-dealkylation sites (tertiary alicyclic amines) is 1. The minimum Gasteiger partial charge on any atom is -0.494 e. The molecule has 0 aliphatic carbocycles. The molecule has 0 amide bonds. The van der Waals surface area contributed by atoms with Crippen LogP contribution in [0.2, 0.25) is 5.02 Å². The van der Waals surface area contributed by atoms with Crippen molar-refractivity contribution in [2.24, 2.45) is 5.92 Å². The molecule has 8 nitrogen and oxygen atoms in total. The van der Waals surface area contributed by atoms with Gasteiger partial charge in [-0.25, -0.2) is 4.98 Å². The first-order valence-electron chi connectivity index (χ1n) is 14.1. The smallest absolute Gasteiger partial charge is 0.229 e. The Morgan fingerprint density at radius 1 is 0.975 bits per heavy atom. The van der Waals surface area contributed by atoms with E-state index in [4.69, 9.17) is 16.3 Å². The molecular weight excluding hydrogens is 543 g/mol. The maximum absolute atomic E-state index is 12.3. The van der Waals surface area contributed by atoms with E-state index in [1.165, 1.54) is 44.5 Å². The number of rotatable bonds is 8. The molecular formula is C30H40ClN6O2P. The Hall–Kier alpha value is -2.80. The van der Waals surface area contributed by atoms with Crippen LogP contribution in [-0.2, 0) is 4.57 Å². The molecule has 0 bridgehead atoms. The molecule has 2 aromatic carbocycles. The van der Waals surface area contributed by atoms with E-state index in [1.807, 2.05) is 30.3 Å². The van der Waals surface area contributed by atoms with E-state index >= 15 is 0 Å². The van der Waals surface area contributed by atoms with Gasteiger partial charge in [0.05, 0.1) is 19.0 Å². The van der Waals surface area contributed by atoms with Gasteiger partial charge in [0.15, 0.2) is 5.82 Å². The molecule has 2 fully saturated rings. The van der Waals surface area contributed by atoms with Gasteiger partial charge in [0.2, 0.25) is 5.95 Å². The highest BCUT2D eigenvalue weighted by molar-refractivity contribution is 7.70. The summed E-state index contributed by atoms with van der Waals surface area (Å²) >= 11 is 6.39. The van der Waals surface area contributed by atoms with Crippen LogP contribution in [0.15, 0.2) is 48.7 Å². The van der Waals surface area contributed by atoms with Gasteiger partial charge in [-0.2, -0.15) is 4.98 Å². The summed E-state index contributed by atoms with van der Waals surface area (Å²) in [4.78, 5) is 14.1. The van der Waals surface area contributed by atoms with E-state index in [9.17, 15) is 4.57 Å². The quantitative estimate of drug-likeness (QED) is 0.288. The highest BCUT2D eigenvalue weighted by Gasteiger charge is 2.27. The van der Waals surface area contributed by atoms with Gasteiger partial charge < -0.3 is 29.7 Å². The fourth-order valence-corrected chi connectivity index (χ4v) is 6.54. The Morgan fingerprint density at radius 2 is 1.68 bits per heavy atom. The Morgan fingerprint density at radius 3 is 2.33 bits per heavy atom. The Labute approximate surface area is 242 Å². The number of aromatic nitrogens is 2. The minimum atomic E-state index is -2.31. The standard InChI is InChI=1S/C30H40ClN6O2P/c1-21-11-15-36(16-12-21)23-13-17-37(18-14-23)24-7-10-27(28(19-24)39-2)34-30-32-20-26(31)29(35-30)33-22-5-8-25(9-6-22)40(3,4)38/h5-10,19-21,23H,11-18H2,1-4H3,(H2,32,33,34,35). The SMILES string of the molecule is COc1cc(N2CCC(N3CCC(C)CC3)CC2)ccc1Nc1ncc(Cl)c(Nc2ccc(P(C)(C)=O)cc2)n1. The normalized spacial score (nSPS) is 17.6.